The quantitative estimate of drug-likeness (QED) is 0.392. The third-order valence-corrected chi connectivity index (χ3v) is 9.89. The summed E-state index contributed by atoms with van der Waals surface area (Å²) in [4.78, 5) is 0. The maximum Gasteiger partial charge on any atom is -0.0233 e. The van der Waals surface area contributed by atoms with Crippen LogP contribution < -0.4 is 0 Å². The molecule has 0 spiro atoms. The van der Waals surface area contributed by atoms with E-state index in [1.54, 1.807) is 0 Å². The van der Waals surface area contributed by atoms with Crippen molar-refractivity contribution in [2.75, 3.05) is 0 Å². The molecular formula is C31H54. The molecule has 0 aliphatic heterocycles. The van der Waals surface area contributed by atoms with Gasteiger partial charge in [0.1, 0.15) is 0 Å². The number of rotatable bonds is 4. The van der Waals surface area contributed by atoms with Crippen LogP contribution in [0.1, 0.15) is 124 Å². The molecule has 0 aromatic carbocycles. The molecule has 0 aromatic heterocycles. The molecule has 0 aromatic rings. The third-order valence-electron chi connectivity index (χ3n) is 9.89. The molecule has 0 heterocycles. The first-order valence-electron chi connectivity index (χ1n) is 14.3. The van der Waals surface area contributed by atoms with Crippen molar-refractivity contribution in [2.45, 2.75) is 124 Å². The Kier molecular flexibility index (Phi) is 10.7. The lowest BCUT2D eigenvalue weighted by Gasteiger charge is -2.36. The molecule has 4 fully saturated rings. The van der Waals surface area contributed by atoms with Crippen LogP contribution in [0.4, 0.5) is 0 Å². The Morgan fingerprint density at radius 1 is 0.484 bits per heavy atom. The highest BCUT2D eigenvalue weighted by atomic mass is 14.4. The van der Waals surface area contributed by atoms with Crippen LogP contribution in [0.15, 0.2) is 24.8 Å². The van der Waals surface area contributed by atoms with E-state index in [0.29, 0.717) is 0 Å². The van der Waals surface area contributed by atoms with E-state index in [4.69, 9.17) is 0 Å². The van der Waals surface area contributed by atoms with Gasteiger partial charge in [-0.1, -0.05) is 57.8 Å². The summed E-state index contributed by atoms with van der Waals surface area (Å²) < 4.78 is 0. The van der Waals surface area contributed by atoms with Gasteiger partial charge in [-0.2, -0.15) is 0 Å². The van der Waals surface area contributed by atoms with E-state index in [0.717, 1.165) is 47.3 Å². The fraction of sp³-hybridized carbons (Fsp3) is 0.871. The van der Waals surface area contributed by atoms with Crippen molar-refractivity contribution in [3.8, 4) is 0 Å². The van der Waals surface area contributed by atoms with Gasteiger partial charge in [0.2, 0.25) is 0 Å². The Bertz CT molecular complexity index is 498. The van der Waals surface area contributed by atoms with Crippen molar-refractivity contribution in [1.29, 1.82) is 0 Å². The second kappa shape index (κ2) is 13.3. The van der Waals surface area contributed by atoms with Crippen molar-refractivity contribution < 1.29 is 0 Å². The van der Waals surface area contributed by atoms with Crippen LogP contribution in [0, 0.1) is 47.3 Å². The molecule has 0 unspecified atom stereocenters. The van der Waals surface area contributed by atoms with Crippen molar-refractivity contribution in [1.82, 2.24) is 0 Å². The lowest BCUT2D eigenvalue weighted by atomic mass is 9.69. The fourth-order valence-corrected chi connectivity index (χ4v) is 7.45. The Morgan fingerprint density at radius 2 is 0.806 bits per heavy atom. The van der Waals surface area contributed by atoms with Gasteiger partial charge in [-0.25, -0.2) is 0 Å². The zero-order valence-electron chi connectivity index (χ0n) is 21.4. The molecule has 0 N–H and O–H groups in total. The number of hydrogen-bond donors (Lipinski definition) is 0. The lowest BCUT2D eigenvalue weighted by molar-refractivity contribution is 0.160. The third kappa shape index (κ3) is 8.08. The normalized spacial score (nSPS) is 41.9. The molecule has 178 valence electrons. The summed E-state index contributed by atoms with van der Waals surface area (Å²) >= 11 is 0. The van der Waals surface area contributed by atoms with Gasteiger partial charge in [-0.15, -0.1) is 6.58 Å². The highest BCUT2D eigenvalue weighted by Crippen LogP contribution is 2.42. The van der Waals surface area contributed by atoms with E-state index in [1.165, 1.54) is 103 Å². The molecular weight excluding hydrogens is 372 g/mol. The van der Waals surface area contributed by atoms with Gasteiger partial charge in [-0.05, 0) is 131 Å². The van der Waals surface area contributed by atoms with Crippen LogP contribution in [0.2, 0.25) is 0 Å². The monoisotopic (exact) mass is 426 g/mol. The van der Waals surface area contributed by atoms with Gasteiger partial charge < -0.3 is 0 Å². The largest absolute Gasteiger partial charge is 0.103 e. The first-order chi connectivity index (χ1) is 15.1. The minimum absolute atomic E-state index is 0.837. The highest BCUT2D eigenvalue weighted by molar-refractivity contribution is 4.90. The average Bonchev–Trinajstić information content (AvgIpc) is 2.81. The predicted octanol–water partition coefficient (Wildman–Crippen LogP) is 10.0. The van der Waals surface area contributed by atoms with Crippen molar-refractivity contribution >= 4 is 0 Å². The zero-order chi connectivity index (χ0) is 22.1. The summed E-state index contributed by atoms with van der Waals surface area (Å²) in [6.45, 7) is 10.9. The Balaban J connectivity index is 0.000000176. The summed E-state index contributed by atoms with van der Waals surface area (Å²) in [7, 11) is 0. The minimum Gasteiger partial charge on any atom is -0.103 e. The second-order valence-electron chi connectivity index (χ2n) is 12.2. The molecule has 0 nitrogen and oxygen atoms in total. The lowest BCUT2D eigenvalue weighted by Crippen LogP contribution is -2.24. The van der Waals surface area contributed by atoms with Gasteiger partial charge in [0, 0.05) is 0 Å². The molecule has 0 radical (unpaired) electrons. The average molecular weight is 427 g/mol. The van der Waals surface area contributed by atoms with Crippen LogP contribution in [0.5, 0.6) is 0 Å². The first kappa shape index (κ1) is 25.1. The van der Waals surface area contributed by atoms with Crippen LogP contribution in [-0.4, -0.2) is 0 Å². The molecule has 0 amide bonds. The fourth-order valence-electron chi connectivity index (χ4n) is 7.45. The predicted molar refractivity (Wildman–Crippen MR) is 138 cm³/mol. The molecule has 0 atom stereocenters. The number of allylic oxidation sites excluding steroid dienone is 3. The zero-order valence-corrected chi connectivity index (χ0v) is 21.4. The van der Waals surface area contributed by atoms with Gasteiger partial charge in [0.05, 0.1) is 0 Å². The van der Waals surface area contributed by atoms with E-state index in [2.05, 4.69) is 45.6 Å². The van der Waals surface area contributed by atoms with Crippen LogP contribution >= 0.6 is 0 Å². The summed E-state index contributed by atoms with van der Waals surface area (Å²) in [6, 6.07) is 0. The standard InChI is InChI=1S/C16H28.C15H26/c1-3-4-14-7-11-16(12-8-14)15-9-5-13(2)6-10-15;1-3-13-6-10-15(11-7-13)14-8-4-12(2)5-9-14/h3-4,13-16H,5-12H2,1-2H3;3,12-15H,1,4-11H2,2H3/b4-3+;. The van der Waals surface area contributed by atoms with Gasteiger partial charge >= 0.3 is 0 Å². The second-order valence-corrected chi connectivity index (χ2v) is 12.2. The topological polar surface area (TPSA) is 0 Å². The van der Waals surface area contributed by atoms with Gasteiger partial charge in [0.25, 0.3) is 0 Å². The van der Waals surface area contributed by atoms with Crippen LogP contribution in [0.3, 0.4) is 0 Å². The molecule has 0 bridgehead atoms. The van der Waals surface area contributed by atoms with E-state index < -0.39 is 0 Å². The summed E-state index contributed by atoms with van der Waals surface area (Å²) in [6.07, 6.45) is 30.7. The molecule has 0 heteroatoms. The van der Waals surface area contributed by atoms with E-state index >= 15 is 0 Å². The van der Waals surface area contributed by atoms with Crippen molar-refractivity contribution in [3.05, 3.63) is 24.8 Å². The first-order valence-corrected chi connectivity index (χ1v) is 14.3. The van der Waals surface area contributed by atoms with Crippen LogP contribution in [-0.2, 0) is 0 Å². The molecule has 4 saturated carbocycles. The van der Waals surface area contributed by atoms with Crippen molar-refractivity contribution in [3.63, 3.8) is 0 Å². The Morgan fingerprint density at radius 3 is 1.13 bits per heavy atom. The van der Waals surface area contributed by atoms with Gasteiger partial charge in [0.15, 0.2) is 0 Å². The maximum atomic E-state index is 3.93. The maximum absolute atomic E-state index is 3.93. The van der Waals surface area contributed by atoms with E-state index in [-0.39, 0.29) is 0 Å². The summed E-state index contributed by atoms with van der Waals surface area (Å²) in [5, 5.41) is 0. The molecule has 4 rings (SSSR count). The smallest absolute Gasteiger partial charge is 0.0233 e. The van der Waals surface area contributed by atoms with E-state index in [1.807, 2.05) is 0 Å². The van der Waals surface area contributed by atoms with Crippen molar-refractivity contribution in [2.24, 2.45) is 47.3 Å². The molecule has 31 heavy (non-hydrogen) atoms. The van der Waals surface area contributed by atoms with Gasteiger partial charge in [-0.3, -0.25) is 0 Å². The van der Waals surface area contributed by atoms with E-state index in [9.17, 15) is 0 Å². The Labute approximate surface area is 195 Å². The molecule has 0 saturated heterocycles. The van der Waals surface area contributed by atoms with Crippen LogP contribution in [0.25, 0.3) is 0 Å². The molecule has 4 aliphatic carbocycles. The highest BCUT2D eigenvalue weighted by Gasteiger charge is 2.30. The Hall–Kier alpha value is -0.520. The summed E-state index contributed by atoms with van der Waals surface area (Å²) in [5.41, 5.74) is 0. The SMILES string of the molecule is C/C=C/C1CCC(C2CCC(C)CC2)CC1.C=CC1CCC(C2CCC(C)CC2)CC1. The summed E-state index contributed by atoms with van der Waals surface area (Å²) in [5.74, 6) is 8.06. The minimum atomic E-state index is 0.837. The molecule has 4 aliphatic rings. The number of hydrogen-bond acceptors (Lipinski definition) is 0.